The minimum atomic E-state index is -0.0941. The lowest BCUT2D eigenvalue weighted by Crippen LogP contribution is -2.26. The first kappa shape index (κ1) is 19.7. The van der Waals surface area contributed by atoms with E-state index in [1.807, 2.05) is 67.8 Å². The fraction of sp³-hybridized carbons (Fsp3) is 0.250. The van der Waals surface area contributed by atoms with Crippen LogP contribution in [-0.2, 0) is 0 Å². The molecule has 3 heterocycles. The van der Waals surface area contributed by atoms with Gasteiger partial charge in [0.2, 0.25) is 0 Å². The molecule has 0 unspecified atom stereocenters. The first-order valence-electron chi connectivity index (χ1n) is 10.4. The first-order valence-corrected chi connectivity index (χ1v) is 10.7. The van der Waals surface area contributed by atoms with E-state index in [0.717, 1.165) is 28.7 Å². The molecule has 5 aromatic rings. The van der Waals surface area contributed by atoms with Crippen LogP contribution in [0.1, 0.15) is 37.7 Å². The number of fused-ring (bicyclic) bond motifs is 4. The average molecular weight is 432 g/mol. The topological polar surface area (TPSA) is 65.6 Å². The Morgan fingerprint density at radius 3 is 2.39 bits per heavy atom. The zero-order valence-electron chi connectivity index (χ0n) is 17.8. The van der Waals surface area contributed by atoms with E-state index < -0.39 is 0 Å². The van der Waals surface area contributed by atoms with Crippen LogP contribution in [0.25, 0.3) is 38.9 Å². The van der Waals surface area contributed by atoms with Crippen LogP contribution in [-0.4, -0.2) is 24.1 Å². The standard InChI is InChI=1S/C24H22ClN5O/c1-5-14(3)29-15(4)26-22-20(24(29)31)21-23(28-19-9-7-6-8-18(19)27-21)30(22)16-11-10-13(2)17(25)12-16/h6-12,14H,5H2,1-4H3/t14-/m0/s1. The molecule has 156 valence electrons. The number of benzene rings is 2. The van der Waals surface area contributed by atoms with Crippen molar-refractivity contribution in [3.8, 4) is 5.69 Å². The summed E-state index contributed by atoms with van der Waals surface area (Å²) in [5.74, 6) is 0.665. The molecular formula is C24H22ClN5O. The highest BCUT2D eigenvalue weighted by molar-refractivity contribution is 6.31. The Kier molecular flexibility index (Phi) is 4.55. The molecule has 0 N–H and O–H groups in total. The van der Waals surface area contributed by atoms with Gasteiger partial charge in [0.1, 0.15) is 16.7 Å². The quantitative estimate of drug-likeness (QED) is 0.377. The lowest BCUT2D eigenvalue weighted by Gasteiger charge is -2.16. The Hall–Kier alpha value is -3.25. The number of nitrogens with zero attached hydrogens (tertiary/aromatic N) is 5. The fourth-order valence-electron chi connectivity index (χ4n) is 4.08. The van der Waals surface area contributed by atoms with Crippen LogP contribution in [0.3, 0.4) is 0 Å². The summed E-state index contributed by atoms with van der Waals surface area (Å²) in [6.07, 6.45) is 0.828. The third kappa shape index (κ3) is 2.93. The van der Waals surface area contributed by atoms with Gasteiger partial charge in [0.25, 0.3) is 5.56 Å². The Bertz CT molecular complexity index is 1550. The van der Waals surface area contributed by atoms with Gasteiger partial charge < -0.3 is 0 Å². The van der Waals surface area contributed by atoms with Gasteiger partial charge in [-0.1, -0.05) is 36.7 Å². The number of aryl methyl sites for hydroxylation is 2. The molecule has 0 saturated heterocycles. The number of para-hydroxylation sites is 2. The van der Waals surface area contributed by atoms with Crippen molar-refractivity contribution in [1.82, 2.24) is 24.1 Å². The van der Waals surface area contributed by atoms with E-state index in [1.54, 1.807) is 4.57 Å². The third-order valence-electron chi connectivity index (χ3n) is 5.93. The molecule has 0 bridgehead atoms. The van der Waals surface area contributed by atoms with Crippen LogP contribution in [0, 0.1) is 13.8 Å². The van der Waals surface area contributed by atoms with Gasteiger partial charge >= 0.3 is 0 Å². The molecule has 31 heavy (non-hydrogen) atoms. The van der Waals surface area contributed by atoms with Gasteiger partial charge in [-0.05, 0) is 57.0 Å². The normalized spacial score (nSPS) is 12.8. The van der Waals surface area contributed by atoms with Gasteiger partial charge in [-0.15, -0.1) is 0 Å². The summed E-state index contributed by atoms with van der Waals surface area (Å²) in [5.41, 5.74) is 4.89. The van der Waals surface area contributed by atoms with E-state index in [9.17, 15) is 4.79 Å². The Labute approximate surface area is 184 Å². The Balaban J connectivity index is 2.02. The minimum absolute atomic E-state index is 0.0324. The molecule has 5 rings (SSSR count). The summed E-state index contributed by atoms with van der Waals surface area (Å²) in [5, 5.41) is 1.13. The molecule has 0 aliphatic rings. The molecule has 0 radical (unpaired) electrons. The van der Waals surface area contributed by atoms with Crippen LogP contribution in [0.15, 0.2) is 47.3 Å². The van der Waals surface area contributed by atoms with Gasteiger partial charge in [0.05, 0.1) is 16.7 Å². The molecule has 0 fully saturated rings. The lowest BCUT2D eigenvalue weighted by atomic mass is 10.2. The van der Waals surface area contributed by atoms with Gasteiger partial charge in [-0.25, -0.2) is 15.0 Å². The molecule has 1 atom stereocenters. The summed E-state index contributed by atoms with van der Waals surface area (Å²) >= 11 is 6.44. The van der Waals surface area contributed by atoms with E-state index in [-0.39, 0.29) is 11.6 Å². The molecule has 3 aromatic heterocycles. The van der Waals surface area contributed by atoms with Crippen LogP contribution >= 0.6 is 11.6 Å². The first-order chi connectivity index (χ1) is 14.9. The van der Waals surface area contributed by atoms with Gasteiger partial charge in [0.15, 0.2) is 11.3 Å². The van der Waals surface area contributed by atoms with Crippen molar-refractivity contribution in [1.29, 1.82) is 0 Å². The molecule has 2 aromatic carbocycles. The molecule has 7 heteroatoms. The van der Waals surface area contributed by atoms with Gasteiger partial charge in [-0.3, -0.25) is 13.9 Å². The number of hydrogen-bond donors (Lipinski definition) is 0. The maximum Gasteiger partial charge on any atom is 0.265 e. The predicted octanol–water partition coefficient (Wildman–Crippen LogP) is 5.52. The van der Waals surface area contributed by atoms with Gasteiger partial charge in [-0.2, -0.15) is 0 Å². The van der Waals surface area contributed by atoms with Crippen molar-refractivity contribution in [2.75, 3.05) is 0 Å². The molecule has 0 saturated carbocycles. The predicted molar refractivity (Wildman–Crippen MR) is 125 cm³/mol. The van der Waals surface area contributed by atoms with Crippen molar-refractivity contribution < 1.29 is 0 Å². The van der Waals surface area contributed by atoms with Crippen molar-refractivity contribution >= 4 is 44.8 Å². The second-order valence-corrected chi connectivity index (χ2v) is 8.35. The van der Waals surface area contributed by atoms with E-state index in [2.05, 4.69) is 6.92 Å². The molecule has 0 spiro atoms. The summed E-state index contributed by atoms with van der Waals surface area (Å²) in [6, 6.07) is 13.5. The summed E-state index contributed by atoms with van der Waals surface area (Å²) in [7, 11) is 0. The molecule has 6 nitrogen and oxygen atoms in total. The van der Waals surface area contributed by atoms with Crippen molar-refractivity contribution in [2.45, 2.75) is 40.2 Å². The van der Waals surface area contributed by atoms with E-state index in [4.69, 9.17) is 26.6 Å². The van der Waals surface area contributed by atoms with Crippen LogP contribution in [0.4, 0.5) is 0 Å². The highest BCUT2D eigenvalue weighted by atomic mass is 35.5. The molecule has 0 amide bonds. The summed E-state index contributed by atoms with van der Waals surface area (Å²) < 4.78 is 3.65. The number of halogens is 1. The van der Waals surface area contributed by atoms with E-state index in [1.165, 1.54) is 0 Å². The van der Waals surface area contributed by atoms with Crippen molar-refractivity contribution in [2.24, 2.45) is 0 Å². The second-order valence-electron chi connectivity index (χ2n) is 7.94. The third-order valence-corrected chi connectivity index (χ3v) is 6.34. The zero-order valence-corrected chi connectivity index (χ0v) is 18.6. The monoisotopic (exact) mass is 431 g/mol. The molecule has 0 aliphatic carbocycles. The Morgan fingerprint density at radius 2 is 1.71 bits per heavy atom. The minimum Gasteiger partial charge on any atom is -0.293 e. The number of hydrogen-bond acceptors (Lipinski definition) is 4. The Morgan fingerprint density at radius 1 is 1.00 bits per heavy atom. The van der Waals surface area contributed by atoms with E-state index >= 15 is 0 Å². The smallest absolute Gasteiger partial charge is 0.265 e. The lowest BCUT2D eigenvalue weighted by molar-refractivity contribution is 0.497. The number of aromatic nitrogens is 5. The largest absolute Gasteiger partial charge is 0.293 e. The highest BCUT2D eigenvalue weighted by Gasteiger charge is 2.23. The highest BCUT2D eigenvalue weighted by Crippen LogP contribution is 2.30. The van der Waals surface area contributed by atoms with Gasteiger partial charge in [0, 0.05) is 11.1 Å². The zero-order chi connectivity index (χ0) is 21.9. The van der Waals surface area contributed by atoms with Crippen LogP contribution < -0.4 is 5.56 Å². The van der Waals surface area contributed by atoms with Crippen molar-refractivity contribution in [3.63, 3.8) is 0 Å². The maximum absolute atomic E-state index is 13.7. The summed E-state index contributed by atoms with van der Waals surface area (Å²) in [4.78, 5) is 28.3. The molecular weight excluding hydrogens is 410 g/mol. The SMILES string of the molecule is CC[C@H](C)n1c(C)nc2c(c1=O)c1nc3ccccc3nc1n2-c1ccc(C)c(Cl)c1. The fourth-order valence-corrected chi connectivity index (χ4v) is 4.25. The van der Waals surface area contributed by atoms with Crippen molar-refractivity contribution in [3.05, 3.63) is 69.2 Å². The van der Waals surface area contributed by atoms with Crippen LogP contribution in [0.2, 0.25) is 5.02 Å². The molecule has 0 aliphatic heterocycles. The maximum atomic E-state index is 13.7. The van der Waals surface area contributed by atoms with Crippen LogP contribution in [0.5, 0.6) is 0 Å². The average Bonchev–Trinajstić information content (AvgIpc) is 3.06. The number of rotatable bonds is 3. The summed E-state index contributed by atoms with van der Waals surface area (Å²) in [6.45, 7) is 7.92. The second kappa shape index (κ2) is 7.17. The van der Waals surface area contributed by atoms with E-state index in [0.29, 0.717) is 33.0 Å².